The zero-order valence-electron chi connectivity index (χ0n) is 7.69. The van der Waals surface area contributed by atoms with E-state index in [9.17, 15) is 0 Å². The van der Waals surface area contributed by atoms with Crippen molar-refractivity contribution >= 4 is 0 Å². The van der Waals surface area contributed by atoms with Crippen molar-refractivity contribution in [2.24, 2.45) is 7.05 Å². The minimum Gasteiger partial charge on any atom is -0.356 e. The van der Waals surface area contributed by atoms with Crippen LogP contribution in [0.25, 0.3) is 11.3 Å². The zero-order valence-corrected chi connectivity index (χ0v) is 7.69. The third kappa shape index (κ3) is 1.59. The van der Waals surface area contributed by atoms with E-state index in [1.807, 2.05) is 49.1 Å². The standard InChI is InChI=1S/C10H11N2O/c1-8-7-10(13-11-8)9-3-5-12(2)6-4-9/h3-7H,1-2H3/q+1. The monoisotopic (exact) mass is 175 g/mol. The number of hydrogen-bond donors (Lipinski definition) is 0. The number of rotatable bonds is 1. The second kappa shape index (κ2) is 3.01. The summed E-state index contributed by atoms with van der Waals surface area (Å²) in [6, 6.07) is 5.93. The Balaban J connectivity index is 2.41. The van der Waals surface area contributed by atoms with E-state index in [1.54, 1.807) is 0 Å². The van der Waals surface area contributed by atoms with Crippen molar-refractivity contribution in [3.05, 3.63) is 36.3 Å². The summed E-state index contributed by atoms with van der Waals surface area (Å²) in [4.78, 5) is 0. The first-order chi connectivity index (χ1) is 6.25. The number of nitrogens with zero attached hydrogens (tertiary/aromatic N) is 2. The van der Waals surface area contributed by atoms with Crippen LogP contribution in [-0.2, 0) is 7.05 Å². The largest absolute Gasteiger partial charge is 0.356 e. The van der Waals surface area contributed by atoms with Crippen LogP contribution in [0.5, 0.6) is 0 Å². The highest BCUT2D eigenvalue weighted by Gasteiger charge is 2.04. The lowest BCUT2D eigenvalue weighted by Crippen LogP contribution is -2.25. The van der Waals surface area contributed by atoms with Crippen molar-refractivity contribution in [1.29, 1.82) is 0 Å². The van der Waals surface area contributed by atoms with E-state index in [4.69, 9.17) is 4.52 Å². The maximum absolute atomic E-state index is 5.13. The van der Waals surface area contributed by atoms with Crippen molar-refractivity contribution in [1.82, 2.24) is 5.16 Å². The molecule has 66 valence electrons. The second-order valence-corrected chi connectivity index (χ2v) is 3.08. The van der Waals surface area contributed by atoms with Crippen molar-refractivity contribution in [3.8, 4) is 11.3 Å². The maximum atomic E-state index is 5.13. The van der Waals surface area contributed by atoms with Gasteiger partial charge in [0.15, 0.2) is 18.2 Å². The predicted octanol–water partition coefficient (Wildman–Crippen LogP) is 1.47. The van der Waals surface area contributed by atoms with Crippen LogP contribution in [0, 0.1) is 6.92 Å². The van der Waals surface area contributed by atoms with Crippen LogP contribution in [0.3, 0.4) is 0 Å². The molecule has 0 aliphatic rings. The number of pyridine rings is 1. The second-order valence-electron chi connectivity index (χ2n) is 3.08. The molecule has 0 aromatic carbocycles. The first-order valence-corrected chi connectivity index (χ1v) is 4.15. The van der Waals surface area contributed by atoms with E-state index in [0.29, 0.717) is 0 Å². The van der Waals surface area contributed by atoms with Gasteiger partial charge in [0.2, 0.25) is 0 Å². The first kappa shape index (κ1) is 7.98. The van der Waals surface area contributed by atoms with Crippen molar-refractivity contribution in [3.63, 3.8) is 0 Å². The summed E-state index contributed by atoms with van der Waals surface area (Å²) < 4.78 is 7.11. The van der Waals surface area contributed by atoms with Crippen LogP contribution in [0.2, 0.25) is 0 Å². The quantitative estimate of drug-likeness (QED) is 0.614. The average Bonchev–Trinajstić information content (AvgIpc) is 2.53. The van der Waals surface area contributed by atoms with Gasteiger partial charge in [0.05, 0.1) is 5.69 Å². The molecular formula is C10H11N2O+. The Kier molecular flexibility index (Phi) is 1.85. The molecule has 2 heterocycles. The molecule has 0 saturated carbocycles. The summed E-state index contributed by atoms with van der Waals surface area (Å²) in [6.45, 7) is 1.91. The Morgan fingerprint density at radius 3 is 2.54 bits per heavy atom. The molecule has 2 rings (SSSR count). The normalized spacial score (nSPS) is 10.3. The van der Waals surface area contributed by atoms with Crippen LogP contribution >= 0.6 is 0 Å². The fraction of sp³-hybridized carbons (Fsp3) is 0.200. The highest BCUT2D eigenvalue weighted by Crippen LogP contribution is 2.17. The van der Waals surface area contributed by atoms with E-state index in [-0.39, 0.29) is 0 Å². The summed E-state index contributed by atoms with van der Waals surface area (Å²) in [6.07, 6.45) is 3.96. The van der Waals surface area contributed by atoms with E-state index < -0.39 is 0 Å². The van der Waals surface area contributed by atoms with E-state index >= 15 is 0 Å². The third-order valence-corrected chi connectivity index (χ3v) is 1.89. The Hall–Kier alpha value is -1.64. The number of hydrogen-bond acceptors (Lipinski definition) is 2. The van der Waals surface area contributed by atoms with Gasteiger partial charge in [-0.15, -0.1) is 0 Å². The summed E-state index contributed by atoms with van der Waals surface area (Å²) in [5, 5.41) is 3.83. The molecule has 0 saturated heterocycles. The molecular weight excluding hydrogens is 164 g/mol. The minimum atomic E-state index is 0.818. The van der Waals surface area contributed by atoms with Gasteiger partial charge in [-0.25, -0.2) is 4.57 Å². The fourth-order valence-corrected chi connectivity index (χ4v) is 1.16. The molecule has 0 amide bonds. The summed E-state index contributed by atoms with van der Waals surface area (Å²) >= 11 is 0. The van der Waals surface area contributed by atoms with E-state index in [1.165, 1.54) is 0 Å². The van der Waals surface area contributed by atoms with Crippen molar-refractivity contribution in [2.75, 3.05) is 0 Å². The molecule has 0 radical (unpaired) electrons. The summed E-state index contributed by atoms with van der Waals surface area (Å²) in [5.74, 6) is 0.818. The molecule has 0 atom stereocenters. The highest BCUT2D eigenvalue weighted by molar-refractivity contribution is 5.55. The lowest BCUT2D eigenvalue weighted by Gasteiger charge is -1.91. The van der Waals surface area contributed by atoms with Gasteiger partial charge in [-0.2, -0.15) is 0 Å². The lowest BCUT2D eigenvalue weighted by atomic mass is 10.2. The van der Waals surface area contributed by atoms with Gasteiger partial charge in [0.25, 0.3) is 0 Å². The lowest BCUT2D eigenvalue weighted by molar-refractivity contribution is -0.671. The smallest absolute Gasteiger partial charge is 0.169 e. The highest BCUT2D eigenvalue weighted by atomic mass is 16.5. The molecule has 0 aliphatic heterocycles. The fourth-order valence-electron chi connectivity index (χ4n) is 1.16. The first-order valence-electron chi connectivity index (χ1n) is 4.15. The SMILES string of the molecule is Cc1cc(-c2cc[n+](C)cc2)on1. The predicted molar refractivity (Wildman–Crippen MR) is 47.9 cm³/mol. The van der Waals surface area contributed by atoms with Crippen LogP contribution in [0.15, 0.2) is 35.1 Å². The Bertz CT molecular complexity index is 403. The van der Waals surface area contributed by atoms with Gasteiger partial charge in [-0.05, 0) is 6.92 Å². The van der Waals surface area contributed by atoms with Crippen LogP contribution < -0.4 is 4.57 Å². The van der Waals surface area contributed by atoms with Crippen molar-refractivity contribution in [2.45, 2.75) is 6.92 Å². The zero-order chi connectivity index (χ0) is 9.26. The molecule has 0 spiro atoms. The number of aryl methyl sites for hydroxylation is 2. The van der Waals surface area contributed by atoms with Crippen molar-refractivity contribution < 1.29 is 9.09 Å². The topological polar surface area (TPSA) is 29.9 Å². The Labute approximate surface area is 76.6 Å². The van der Waals surface area contributed by atoms with Gasteiger partial charge < -0.3 is 4.52 Å². The molecule has 0 fully saturated rings. The molecule has 13 heavy (non-hydrogen) atoms. The van der Waals surface area contributed by atoms with Gasteiger partial charge in [0.1, 0.15) is 7.05 Å². The van der Waals surface area contributed by atoms with Gasteiger partial charge in [-0.3, -0.25) is 0 Å². The molecule has 0 unspecified atom stereocenters. The molecule has 0 bridgehead atoms. The van der Waals surface area contributed by atoms with Gasteiger partial charge in [0, 0.05) is 23.8 Å². The molecule has 2 aromatic rings. The van der Waals surface area contributed by atoms with Crippen LogP contribution in [-0.4, -0.2) is 5.16 Å². The molecule has 0 aliphatic carbocycles. The van der Waals surface area contributed by atoms with Gasteiger partial charge >= 0.3 is 0 Å². The molecule has 3 nitrogen and oxygen atoms in total. The van der Waals surface area contributed by atoms with Crippen LogP contribution in [0.4, 0.5) is 0 Å². The summed E-state index contributed by atoms with van der Waals surface area (Å²) in [7, 11) is 1.98. The minimum absolute atomic E-state index is 0.818. The van der Waals surface area contributed by atoms with Gasteiger partial charge in [-0.1, -0.05) is 5.16 Å². The van der Waals surface area contributed by atoms with E-state index in [0.717, 1.165) is 17.0 Å². The van der Waals surface area contributed by atoms with E-state index in [2.05, 4.69) is 5.16 Å². The average molecular weight is 175 g/mol. The molecule has 2 aromatic heterocycles. The Morgan fingerprint density at radius 1 is 1.31 bits per heavy atom. The van der Waals surface area contributed by atoms with Crippen LogP contribution in [0.1, 0.15) is 5.69 Å². The Morgan fingerprint density at radius 2 is 2.00 bits per heavy atom. The summed E-state index contributed by atoms with van der Waals surface area (Å²) in [5.41, 5.74) is 1.96. The molecule has 3 heteroatoms. The number of aromatic nitrogens is 2. The maximum Gasteiger partial charge on any atom is 0.169 e. The third-order valence-electron chi connectivity index (χ3n) is 1.89. The molecule has 0 N–H and O–H groups in total.